The summed E-state index contributed by atoms with van der Waals surface area (Å²) in [5.74, 6) is -0.179. The molecule has 2 aliphatic heterocycles. The Hall–Kier alpha value is -3.18. The Bertz CT molecular complexity index is 1060. The lowest BCUT2D eigenvalue weighted by molar-refractivity contribution is -0.136. The number of likely N-dealkylation sites (N-methyl/N-ethyl adjacent to an activating group) is 1. The zero-order valence-electron chi connectivity index (χ0n) is 17.0. The van der Waals surface area contributed by atoms with Gasteiger partial charge in [-0.2, -0.15) is 0 Å². The highest BCUT2D eigenvalue weighted by molar-refractivity contribution is 6.10. The topological polar surface area (TPSA) is 58.6 Å². The third-order valence-electron chi connectivity index (χ3n) is 6.78. The minimum atomic E-state index is -1.01. The van der Waals surface area contributed by atoms with Gasteiger partial charge < -0.3 is 10.1 Å². The number of likely N-dealkylation sites (tertiary alicyclic amines) is 1. The van der Waals surface area contributed by atoms with Crippen molar-refractivity contribution in [3.05, 3.63) is 84.0 Å². The Morgan fingerprint density at radius 2 is 1.80 bits per heavy atom. The van der Waals surface area contributed by atoms with E-state index < -0.39 is 11.5 Å². The van der Waals surface area contributed by atoms with Gasteiger partial charge in [0.1, 0.15) is 17.1 Å². The standard InChI is InChI=1S/C25H24N2O3/c1-27-15-19(16-11-13-18(30-2)14-12-16)22(23(28)17-7-3-4-8-17)25(27)20-9-5-6-10-21(20)26-24(25)29/h3-14,17,19,22H,15H2,1-2H3,(H,26,29)/t19-,22+,25-/m0/s1. The Balaban J connectivity index is 1.68. The fourth-order valence-electron chi connectivity index (χ4n) is 5.41. The normalized spacial score (nSPS) is 27.6. The number of benzene rings is 2. The number of hydrogen-bond donors (Lipinski definition) is 1. The predicted molar refractivity (Wildman–Crippen MR) is 115 cm³/mol. The van der Waals surface area contributed by atoms with Gasteiger partial charge in [0.2, 0.25) is 5.91 Å². The van der Waals surface area contributed by atoms with Gasteiger partial charge in [-0.3, -0.25) is 14.5 Å². The summed E-state index contributed by atoms with van der Waals surface area (Å²) < 4.78 is 5.31. The van der Waals surface area contributed by atoms with Gasteiger partial charge in [0.25, 0.3) is 0 Å². The maximum Gasteiger partial charge on any atom is 0.250 e. The molecule has 1 N–H and O–H groups in total. The highest BCUT2D eigenvalue weighted by Crippen LogP contribution is 2.55. The summed E-state index contributed by atoms with van der Waals surface area (Å²) in [7, 11) is 3.59. The number of hydrogen-bond acceptors (Lipinski definition) is 4. The number of ketones is 1. The van der Waals surface area contributed by atoms with Crippen molar-refractivity contribution in [3.63, 3.8) is 0 Å². The summed E-state index contributed by atoms with van der Waals surface area (Å²) in [5.41, 5.74) is 1.71. The quantitative estimate of drug-likeness (QED) is 0.854. The van der Waals surface area contributed by atoms with Gasteiger partial charge in [0.15, 0.2) is 0 Å². The Morgan fingerprint density at radius 1 is 1.10 bits per heavy atom. The number of nitrogens with one attached hydrogen (secondary N) is 1. The maximum atomic E-state index is 13.9. The molecule has 2 aromatic rings. The zero-order valence-corrected chi connectivity index (χ0v) is 17.0. The maximum absolute atomic E-state index is 13.9. The number of carbonyl (C=O) groups is 2. The first-order valence-corrected chi connectivity index (χ1v) is 10.2. The van der Waals surface area contributed by atoms with Crippen LogP contribution in [0.15, 0.2) is 72.8 Å². The van der Waals surface area contributed by atoms with Crippen molar-refractivity contribution >= 4 is 17.4 Å². The van der Waals surface area contributed by atoms with Crippen molar-refractivity contribution in [2.75, 3.05) is 26.0 Å². The first-order valence-electron chi connectivity index (χ1n) is 10.2. The summed E-state index contributed by atoms with van der Waals surface area (Å²) in [6.45, 7) is 0.616. The summed E-state index contributed by atoms with van der Waals surface area (Å²) in [4.78, 5) is 29.5. The predicted octanol–water partition coefficient (Wildman–Crippen LogP) is 3.50. The van der Waals surface area contributed by atoms with Crippen LogP contribution in [0.5, 0.6) is 5.75 Å². The molecule has 3 aliphatic rings. The van der Waals surface area contributed by atoms with Crippen molar-refractivity contribution < 1.29 is 14.3 Å². The summed E-state index contributed by atoms with van der Waals surface area (Å²) in [5, 5.41) is 3.04. The van der Waals surface area contributed by atoms with E-state index in [1.165, 1.54) is 0 Å². The SMILES string of the molecule is COc1ccc([C@@H]2CN(C)[C@]3(C(=O)Nc4ccccc43)[C@H]2C(=O)C2C=CC=C2)cc1. The van der Waals surface area contributed by atoms with Gasteiger partial charge >= 0.3 is 0 Å². The molecule has 1 amide bonds. The molecular weight excluding hydrogens is 376 g/mol. The average Bonchev–Trinajstić information content (AvgIpc) is 3.47. The first-order chi connectivity index (χ1) is 14.6. The minimum absolute atomic E-state index is 0.0806. The van der Waals surface area contributed by atoms with Crippen molar-refractivity contribution in [1.29, 1.82) is 0 Å². The molecule has 152 valence electrons. The number of rotatable bonds is 4. The number of amides is 1. The summed E-state index contributed by atoms with van der Waals surface area (Å²) >= 11 is 0. The highest BCUT2D eigenvalue weighted by Gasteiger charge is 2.64. The van der Waals surface area contributed by atoms with Crippen LogP contribution in [0.2, 0.25) is 0 Å². The van der Waals surface area contributed by atoms with E-state index in [2.05, 4.69) is 10.2 Å². The molecule has 0 bridgehead atoms. The number of nitrogens with zero attached hydrogens (tertiary/aromatic N) is 1. The number of carbonyl (C=O) groups excluding carboxylic acids is 2. The molecule has 2 heterocycles. The molecule has 1 spiro atoms. The lowest BCUT2D eigenvalue weighted by Crippen LogP contribution is -2.52. The molecule has 1 saturated heterocycles. The van der Waals surface area contributed by atoms with E-state index in [9.17, 15) is 9.59 Å². The van der Waals surface area contributed by atoms with Gasteiger partial charge in [-0.05, 0) is 30.8 Å². The number of allylic oxidation sites excluding steroid dienone is 4. The molecule has 2 aromatic carbocycles. The number of methoxy groups -OCH3 is 1. The third-order valence-corrected chi connectivity index (χ3v) is 6.78. The van der Waals surface area contributed by atoms with E-state index in [4.69, 9.17) is 4.74 Å². The fraction of sp³-hybridized carbons (Fsp3) is 0.280. The van der Waals surface area contributed by atoms with Gasteiger partial charge in [-0.25, -0.2) is 0 Å². The molecule has 0 aromatic heterocycles. The number of Topliss-reactive ketones (excluding diaryl/α,β-unsaturated/α-hetero) is 1. The molecule has 30 heavy (non-hydrogen) atoms. The van der Waals surface area contributed by atoms with Crippen LogP contribution in [-0.4, -0.2) is 37.3 Å². The molecule has 1 fully saturated rings. The lowest BCUT2D eigenvalue weighted by atomic mass is 9.69. The van der Waals surface area contributed by atoms with Crippen molar-refractivity contribution in [2.24, 2.45) is 11.8 Å². The molecule has 5 rings (SSSR count). The number of ether oxygens (including phenoxy) is 1. The van der Waals surface area contributed by atoms with Crippen LogP contribution in [-0.2, 0) is 15.1 Å². The number of fused-ring (bicyclic) bond motifs is 2. The van der Waals surface area contributed by atoms with Crippen molar-refractivity contribution in [1.82, 2.24) is 4.90 Å². The molecule has 5 heteroatoms. The molecule has 1 aliphatic carbocycles. The van der Waals surface area contributed by atoms with Crippen LogP contribution in [0.25, 0.3) is 0 Å². The zero-order chi connectivity index (χ0) is 20.9. The van der Waals surface area contributed by atoms with E-state index in [0.717, 1.165) is 22.6 Å². The second-order valence-electron chi connectivity index (χ2n) is 8.20. The molecule has 5 nitrogen and oxygen atoms in total. The van der Waals surface area contributed by atoms with E-state index in [1.54, 1.807) is 7.11 Å². The molecule has 0 saturated carbocycles. The minimum Gasteiger partial charge on any atom is -0.497 e. The van der Waals surface area contributed by atoms with Gasteiger partial charge in [0.05, 0.1) is 18.9 Å². The van der Waals surface area contributed by atoms with E-state index in [-0.39, 0.29) is 23.5 Å². The monoisotopic (exact) mass is 400 g/mol. The second-order valence-corrected chi connectivity index (χ2v) is 8.20. The van der Waals surface area contributed by atoms with Crippen molar-refractivity contribution in [2.45, 2.75) is 11.5 Å². The van der Waals surface area contributed by atoms with Crippen LogP contribution < -0.4 is 10.1 Å². The largest absolute Gasteiger partial charge is 0.497 e. The third kappa shape index (κ3) is 2.52. The van der Waals surface area contributed by atoms with Gasteiger partial charge in [-0.1, -0.05) is 54.6 Å². The highest BCUT2D eigenvalue weighted by atomic mass is 16.5. The average molecular weight is 400 g/mol. The van der Waals surface area contributed by atoms with Crippen LogP contribution in [0.4, 0.5) is 5.69 Å². The van der Waals surface area contributed by atoms with E-state index in [0.29, 0.717) is 6.54 Å². The Morgan fingerprint density at radius 3 is 2.50 bits per heavy atom. The molecule has 3 atom stereocenters. The summed E-state index contributed by atoms with van der Waals surface area (Å²) in [6.07, 6.45) is 7.63. The Labute approximate surface area is 176 Å². The molecule has 0 unspecified atom stereocenters. The van der Waals surface area contributed by atoms with E-state index >= 15 is 0 Å². The van der Waals surface area contributed by atoms with Crippen LogP contribution in [0.1, 0.15) is 17.0 Å². The van der Waals surface area contributed by atoms with Crippen LogP contribution in [0, 0.1) is 11.8 Å². The molecule has 0 radical (unpaired) electrons. The van der Waals surface area contributed by atoms with Crippen LogP contribution >= 0.6 is 0 Å². The van der Waals surface area contributed by atoms with Crippen molar-refractivity contribution in [3.8, 4) is 5.75 Å². The van der Waals surface area contributed by atoms with E-state index in [1.807, 2.05) is 79.9 Å². The smallest absolute Gasteiger partial charge is 0.250 e. The van der Waals surface area contributed by atoms with Gasteiger partial charge in [-0.15, -0.1) is 0 Å². The number of anilines is 1. The molecular formula is C25H24N2O3. The first kappa shape index (κ1) is 18.8. The van der Waals surface area contributed by atoms with Gasteiger partial charge in [0, 0.05) is 23.7 Å². The van der Waals surface area contributed by atoms with Crippen LogP contribution in [0.3, 0.4) is 0 Å². The fourth-order valence-corrected chi connectivity index (χ4v) is 5.41. The Kier molecular flexibility index (Phi) is 4.36. The second kappa shape index (κ2) is 6.96. The summed E-state index contributed by atoms with van der Waals surface area (Å²) in [6, 6.07) is 15.6. The lowest BCUT2D eigenvalue weighted by Gasteiger charge is -2.36. The number of para-hydroxylation sites is 1.